The molecule has 0 saturated heterocycles. The number of nitrogens with zero attached hydrogens (tertiary/aromatic N) is 3. The minimum Gasteiger partial charge on any atom is -0.395 e. The minimum atomic E-state index is 0.289. The summed E-state index contributed by atoms with van der Waals surface area (Å²) in [6.45, 7) is 0. The van der Waals surface area contributed by atoms with E-state index in [1.807, 2.05) is 6.07 Å². The Labute approximate surface area is 52.5 Å². The van der Waals surface area contributed by atoms with Gasteiger partial charge in [-0.25, -0.2) is 0 Å². The molecule has 0 unspecified atom stereocenters. The van der Waals surface area contributed by atoms with Crippen LogP contribution in [0.1, 0.15) is 5.69 Å². The van der Waals surface area contributed by atoms with Crippen molar-refractivity contribution in [3.63, 3.8) is 0 Å². The molecule has 0 radical (unpaired) electrons. The van der Waals surface area contributed by atoms with Gasteiger partial charge in [-0.15, -0.1) is 0 Å². The third-order valence-corrected chi connectivity index (χ3v) is 0.963. The van der Waals surface area contributed by atoms with Crippen LogP contribution in [0.2, 0.25) is 0 Å². The van der Waals surface area contributed by atoms with Crippen molar-refractivity contribution in [2.24, 2.45) is 7.05 Å². The highest BCUT2D eigenvalue weighted by Gasteiger charge is 1.99. The summed E-state index contributed by atoms with van der Waals surface area (Å²) >= 11 is 0. The van der Waals surface area contributed by atoms with Crippen LogP contribution >= 0.6 is 0 Å². The molecule has 9 heavy (non-hydrogen) atoms. The highest BCUT2D eigenvalue weighted by atomic mass is 15.3. The van der Waals surface area contributed by atoms with Crippen molar-refractivity contribution in [1.29, 1.82) is 5.26 Å². The van der Waals surface area contributed by atoms with E-state index in [1.165, 1.54) is 4.68 Å². The molecule has 1 heterocycles. The fraction of sp³-hybridized carbons (Fsp3) is 0.200. The van der Waals surface area contributed by atoms with Gasteiger partial charge in [0.05, 0.1) is 5.69 Å². The molecular formula is C5H6N4. The highest BCUT2D eigenvalue weighted by molar-refractivity contribution is 5.47. The maximum atomic E-state index is 8.33. The van der Waals surface area contributed by atoms with Crippen LogP contribution < -0.4 is 5.73 Å². The molecule has 4 nitrogen and oxygen atoms in total. The molecule has 0 bridgehead atoms. The topological polar surface area (TPSA) is 67.6 Å². The zero-order valence-electron chi connectivity index (χ0n) is 5.00. The van der Waals surface area contributed by atoms with Crippen LogP contribution in [0.5, 0.6) is 0 Å². The molecule has 1 aromatic rings. The van der Waals surface area contributed by atoms with Gasteiger partial charge in [-0.3, -0.25) is 4.68 Å². The smallest absolute Gasteiger partial charge is 0.185 e. The molecule has 0 amide bonds. The van der Waals surface area contributed by atoms with Gasteiger partial charge in [-0.05, 0) is 0 Å². The predicted octanol–water partition coefficient (Wildman–Crippen LogP) is -0.126. The molecule has 0 aliphatic carbocycles. The maximum absolute atomic E-state index is 8.33. The van der Waals surface area contributed by atoms with Crippen molar-refractivity contribution < 1.29 is 0 Å². The van der Waals surface area contributed by atoms with Crippen LogP contribution in [0.4, 0.5) is 5.69 Å². The molecule has 0 saturated carbocycles. The molecular weight excluding hydrogens is 116 g/mol. The first-order valence-electron chi connectivity index (χ1n) is 2.43. The first kappa shape index (κ1) is 5.63. The van der Waals surface area contributed by atoms with Crippen molar-refractivity contribution in [3.05, 3.63) is 11.9 Å². The van der Waals surface area contributed by atoms with E-state index in [9.17, 15) is 0 Å². The summed E-state index contributed by atoms with van der Waals surface area (Å²) in [4.78, 5) is 0. The monoisotopic (exact) mass is 122 g/mol. The number of hydrogen-bond donors (Lipinski definition) is 1. The lowest BCUT2D eigenvalue weighted by Crippen LogP contribution is -1.86. The molecule has 0 aliphatic rings. The Morgan fingerprint density at radius 2 is 2.56 bits per heavy atom. The summed E-state index contributed by atoms with van der Waals surface area (Å²) in [6.07, 6.45) is 1.60. The fourth-order valence-electron chi connectivity index (χ4n) is 0.594. The zero-order valence-corrected chi connectivity index (χ0v) is 5.00. The first-order chi connectivity index (χ1) is 4.24. The third-order valence-electron chi connectivity index (χ3n) is 0.963. The Morgan fingerprint density at radius 1 is 1.89 bits per heavy atom. The summed E-state index contributed by atoms with van der Waals surface area (Å²) in [7, 11) is 1.72. The molecule has 4 heteroatoms. The lowest BCUT2D eigenvalue weighted by molar-refractivity contribution is 0.763. The van der Waals surface area contributed by atoms with Crippen LogP contribution in [0.15, 0.2) is 6.20 Å². The zero-order chi connectivity index (χ0) is 6.85. The minimum absolute atomic E-state index is 0.289. The number of aryl methyl sites for hydroxylation is 1. The van der Waals surface area contributed by atoms with Crippen molar-refractivity contribution in [1.82, 2.24) is 9.78 Å². The van der Waals surface area contributed by atoms with E-state index in [-0.39, 0.29) is 5.69 Å². The summed E-state index contributed by atoms with van der Waals surface area (Å²) in [6, 6.07) is 1.86. The van der Waals surface area contributed by atoms with Crippen LogP contribution in [-0.2, 0) is 7.05 Å². The normalized spacial score (nSPS) is 8.89. The van der Waals surface area contributed by atoms with E-state index >= 15 is 0 Å². The van der Waals surface area contributed by atoms with E-state index in [1.54, 1.807) is 13.2 Å². The molecule has 1 aromatic heterocycles. The van der Waals surface area contributed by atoms with E-state index < -0.39 is 0 Å². The maximum Gasteiger partial charge on any atom is 0.185 e. The molecule has 0 atom stereocenters. The largest absolute Gasteiger partial charge is 0.395 e. The van der Waals surface area contributed by atoms with Crippen molar-refractivity contribution >= 4 is 5.69 Å². The summed E-state index contributed by atoms with van der Waals surface area (Å²) in [5, 5.41) is 12.1. The number of rotatable bonds is 0. The SMILES string of the molecule is Cn1cc(N)c(C#N)n1. The van der Waals surface area contributed by atoms with Crippen LogP contribution in [0.3, 0.4) is 0 Å². The van der Waals surface area contributed by atoms with Crippen molar-refractivity contribution in [2.75, 3.05) is 5.73 Å². The Hall–Kier alpha value is -1.50. The molecule has 0 fully saturated rings. The molecule has 0 spiro atoms. The van der Waals surface area contributed by atoms with Crippen molar-refractivity contribution in [2.45, 2.75) is 0 Å². The standard InChI is InChI=1S/C5H6N4/c1-9-3-4(7)5(2-6)8-9/h3H,7H2,1H3. The number of nitriles is 1. The lowest BCUT2D eigenvalue weighted by atomic mass is 10.4. The summed E-state index contributed by atoms with van der Waals surface area (Å²) in [5.41, 5.74) is 6.07. The Bertz CT molecular complexity index is 254. The number of nitrogen functional groups attached to an aromatic ring is 1. The van der Waals surface area contributed by atoms with Gasteiger partial charge >= 0.3 is 0 Å². The number of anilines is 1. The van der Waals surface area contributed by atoms with Gasteiger partial charge in [0.2, 0.25) is 0 Å². The number of nitrogens with two attached hydrogens (primary N) is 1. The quantitative estimate of drug-likeness (QED) is 0.521. The average Bonchev–Trinajstić information content (AvgIpc) is 2.10. The summed E-state index contributed by atoms with van der Waals surface area (Å²) in [5.74, 6) is 0. The van der Waals surface area contributed by atoms with E-state index in [0.29, 0.717) is 5.69 Å². The first-order valence-corrected chi connectivity index (χ1v) is 2.43. The second-order valence-corrected chi connectivity index (χ2v) is 1.72. The van der Waals surface area contributed by atoms with Gasteiger partial charge < -0.3 is 5.73 Å². The van der Waals surface area contributed by atoms with E-state index in [0.717, 1.165) is 0 Å². The third kappa shape index (κ3) is 0.842. The average molecular weight is 122 g/mol. The fourth-order valence-corrected chi connectivity index (χ4v) is 0.594. The molecule has 2 N–H and O–H groups in total. The van der Waals surface area contributed by atoms with E-state index in [4.69, 9.17) is 11.0 Å². The van der Waals surface area contributed by atoms with Crippen molar-refractivity contribution in [3.8, 4) is 6.07 Å². The molecule has 0 aliphatic heterocycles. The highest BCUT2D eigenvalue weighted by Crippen LogP contribution is 2.04. The number of hydrogen-bond acceptors (Lipinski definition) is 3. The van der Waals surface area contributed by atoms with Crippen LogP contribution in [0.25, 0.3) is 0 Å². The van der Waals surface area contributed by atoms with Crippen LogP contribution in [-0.4, -0.2) is 9.78 Å². The van der Waals surface area contributed by atoms with Gasteiger partial charge in [0.1, 0.15) is 6.07 Å². The van der Waals surface area contributed by atoms with Gasteiger partial charge in [-0.1, -0.05) is 0 Å². The lowest BCUT2D eigenvalue weighted by Gasteiger charge is -1.78. The number of aromatic nitrogens is 2. The Kier molecular flexibility index (Phi) is 1.12. The Morgan fingerprint density at radius 3 is 2.78 bits per heavy atom. The van der Waals surface area contributed by atoms with Gasteiger partial charge in [-0.2, -0.15) is 10.4 Å². The molecule has 46 valence electrons. The second kappa shape index (κ2) is 1.78. The Balaban J connectivity index is 3.20. The summed E-state index contributed by atoms with van der Waals surface area (Å²) < 4.78 is 1.51. The predicted molar refractivity (Wildman–Crippen MR) is 32.3 cm³/mol. The van der Waals surface area contributed by atoms with Gasteiger partial charge in [0.25, 0.3) is 0 Å². The van der Waals surface area contributed by atoms with E-state index in [2.05, 4.69) is 5.10 Å². The van der Waals surface area contributed by atoms with Crippen LogP contribution in [0, 0.1) is 11.3 Å². The van der Waals surface area contributed by atoms with Gasteiger partial charge in [0.15, 0.2) is 5.69 Å². The van der Waals surface area contributed by atoms with Gasteiger partial charge in [0, 0.05) is 13.2 Å². The molecule has 1 rings (SSSR count). The second-order valence-electron chi connectivity index (χ2n) is 1.72. The molecule has 0 aromatic carbocycles.